The van der Waals surface area contributed by atoms with Crippen LogP contribution in [0.5, 0.6) is 0 Å². The quantitative estimate of drug-likeness (QED) is 0.525. The van der Waals surface area contributed by atoms with Crippen LogP contribution in [0.1, 0.15) is 34.1 Å². The van der Waals surface area contributed by atoms with Crippen molar-refractivity contribution in [3.8, 4) is 6.07 Å². The van der Waals surface area contributed by atoms with Gasteiger partial charge in [0.25, 0.3) is 11.2 Å². The summed E-state index contributed by atoms with van der Waals surface area (Å²) in [6.45, 7) is 1.77. The molecule has 0 spiro atoms. The van der Waals surface area contributed by atoms with Crippen LogP contribution in [-0.2, 0) is 6.42 Å². The van der Waals surface area contributed by atoms with Gasteiger partial charge in [0.1, 0.15) is 11.6 Å². The summed E-state index contributed by atoms with van der Waals surface area (Å²) in [7, 11) is 0. The Balaban J connectivity index is 2.51. The van der Waals surface area contributed by atoms with Crippen LogP contribution in [0, 0.1) is 21.4 Å². The van der Waals surface area contributed by atoms with E-state index >= 15 is 0 Å². The molecule has 0 fully saturated rings. The van der Waals surface area contributed by atoms with Gasteiger partial charge >= 0.3 is 0 Å². The molecular formula is C15H11N3O4. The molecular weight excluding hydrogens is 286 g/mol. The molecule has 1 heterocycles. The Labute approximate surface area is 125 Å². The molecule has 0 aliphatic heterocycles. The van der Waals surface area contributed by atoms with Crippen molar-refractivity contribution in [1.82, 2.24) is 4.98 Å². The molecule has 0 radical (unpaired) electrons. The van der Waals surface area contributed by atoms with Crippen LogP contribution < -0.4 is 5.56 Å². The van der Waals surface area contributed by atoms with Crippen LogP contribution in [0.4, 0.5) is 5.69 Å². The van der Waals surface area contributed by atoms with Crippen LogP contribution in [0.25, 0.3) is 0 Å². The number of nitro groups is 1. The Morgan fingerprint density at radius 1 is 1.36 bits per heavy atom. The molecule has 0 saturated heterocycles. The first-order chi connectivity index (χ1) is 10.5. The maximum Gasteiger partial charge on any atom is 0.269 e. The molecule has 0 amide bonds. The van der Waals surface area contributed by atoms with E-state index in [-0.39, 0.29) is 22.4 Å². The van der Waals surface area contributed by atoms with Gasteiger partial charge < -0.3 is 4.98 Å². The van der Waals surface area contributed by atoms with E-state index < -0.39 is 16.3 Å². The minimum Gasteiger partial charge on any atom is -0.324 e. The Morgan fingerprint density at radius 2 is 2.00 bits per heavy atom. The van der Waals surface area contributed by atoms with Gasteiger partial charge in [0.15, 0.2) is 5.78 Å². The lowest BCUT2D eigenvalue weighted by atomic mass is 9.99. The first-order valence-corrected chi connectivity index (χ1v) is 6.43. The molecule has 0 unspecified atom stereocenters. The Morgan fingerprint density at radius 3 is 2.50 bits per heavy atom. The number of ketones is 1. The standard InChI is InChI=1S/C15H11N3O4/c1-2-13-12(7-10(8-16)15(20)17-13)14(19)9-3-5-11(6-4-9)18(21)22/h3-7H,2H2,1H3,(H,17,20). The second kappa shape index (κ2) is 6.01. The Hall–Kier alpha value is -3.27. The molecule has 1 N–H and O–H groups in total. The number of non-ortho nitro benzene ring substituents is 1. The highest BCUT2D eigenvalue weighted by molar-refractivity contribution is 6.09. The molecule has 0 saturated carbocycles. The van der Waals surface area contributed by atoms with Crippen molar-refractivity contribution in [3.05, 3.63) is 73.2 Å². The van der Waals surface area contributed by atoms with Gasteiger partial charge in [-0.05, 0) is 24.6 Å². The zero-order chi connectivity index (χ0) is 16.3. The fourth-order valence-corrected chi connectivity index (χ4v) is 2.02. The van der Waals surface area contributed by atoms with E-state index in [1.807, 2.05) is 0 Å². The first kappa shape index (κ1) is 15.1. The van der Waals surface area contributed by atoms with Gasteiger partial charge in [-0.25, -0.2) is 0 Å². The summed E-state index contributed by atoms with van der Waals surface area (Å²) < 4.78 is 0. The van der Waals surface area contributed by atoms with Gasteiger partial charge in [-0.1, -0.05) is 6.92 Å². The molecule has 0 aliphatic carbocycles. The van der Waals surface area contributed by atoms with Crippen molar-refractivity contribution in [3.63, 3.8) is 0 Å². The smallest absolute Gasteiger partial charge is 0.269 e. The predicted molar refractivity (Wildman–Crippen MR) is 77.7 cm³/mol. The van der Waals surface area contributed by atoms with E-state index in [2.05, 4.69) is 4.98 Å². The lowest BCUT2D eigenvalue weighted by Crippen LogP contribution is -2.17. The molecule has 2 aromatic rings. The fraction of sp³-hybridized carbons (Fsp3) is 0.133. The van der Waals surface area contributed by atoms with Gasteiger partial charge in [-0.3, -0.25) is 19.7 Å². The predicted octanol–water partition coefficient (Wildman–Crippen LogP) is 1.95. The summed E-state index contributed by atoms with van der Waals surface area (Å²) in [5.74, 6) is -0.403. The van der Waals surface area contributed by atoms with E-state index in [1.54, 1.807) is 13.0 Å². The number of carbonyl (C=O) groups is 1. The summed E-state index contributed by atoms with van der Waals surface area (Å²) in [5, 5.41) is 19.5. The van der Waals surface area contributed by atoms with E-state index in [0.29, 0.717) is 12.1 Å². The van der Waals surface area contributed by atoms with Crippen LogP contribution in [0.3, 0.4) is 0 Å². The molecule has 0 bridgehead atoms. The van der Waals surface area contributed by atoms with Crippen molar-refractivity contribution in [2.45, 2.75) is 13.3 Å². The van der Waals surface area contributed by atoms with Gasteiger partial charge in [0, 0.05) is 29.0 Å². The lowest BCUT2D eigenvalue weighted by Gasteiger charge is -2.07. The Kier molecular flexibility index (Phi) is 4.13. The van der Waals surface area contributed by atoms with Crippen LogP contribution in [0.15, 0.2) is 35.1 Å². The van der Waals surface area contributed by atoms with Gasteiger partial charge in [0.2, 0.25) is 0 Å². The third-order valence-electron chi connectivity index (χ3n) is 3.18. The van der Waals surface area contributed by atoms with Crippen LogP contribution >= 0.6 is 0 Å². The number of hydrogen-bond acceptors (Lipinski definition) is 5. The SMILES string of the molecule is CCc1[nH]c(=O)c(C#N)cc1C(=O)c1ccc([N+](=O)[O-])cc1. The highest BCUT2D eigenvalue weighted by Gasteiger charge is 2.17. The normalized spacial score (nSPS) is 10.0. The maximum atomic E-state index is 12.5. The molecule has 110 valence electrons. The molecule has 1 aromatic carbocycles. The molecule has 22 heavy (non-hydrogen) atoms. The average Bonchev–Trinajstić information content (AvgIpc) is 2.53. The van der Waals surface area contributed by atoms with Crippen LogP contribution in [-0.4, -0.2) is 15.7 Å². The topological polar surface area (TPSA) is 117 Å². The number of pyridine rings is 1. The van der Waals surface area contributed by atoms with Crippen molar-refractivity contribution in [2.75, 3.05) is 0 Å². The Bertz CT molecular complexity index is 845. The number of rotatable bonds is 4. The molecule has 7 heteroatoms. The third-order valence-corrected chi connectivity index (χ3v) is 3.18. The number of benzene rings is 1. The summed E-state index contributed by atoms with van der Waals surface area (Å²) in [6, 6.07) is 8.14. The zero-order valence-corrected chi connectivity index (χ0v) is 11.6. The highest BCUT2D eigenvalue weighted by Crippen LogP contribution is 2.17. The summed E-state index contributed by atoms with van der Waals surface area (Å²) in [5.41, 5.74) is 0.0737. The van der Waals surface area contributed by atoms with Crippen LogP contribution in [0.2, 0.25) is 0 Å². The molecule has 0 aliphatic rings. The number of aryl methyl sites for hydroxylation is 1. The van der Waals surface area contributed by atoms with E-state index in [1.165, 1.54) is 30.3 Å². The first-order valence-electron chi connectivity index (χ1n) is 6.43. The minimum atomic E-state index is -0.556. The van der Waals surface area contributed by atoms with Gasteiger partial charge in [-0.2, -0.15) is 5.26 Å². The largest absolute Gasteiger partial charge is 0.324 e. The molecule has 7 nitrogen and oxygen atoms in total. The van der Waals surface area contributed by atoms with Gasteiger partial charge in [-0.15, -0.1) is 0 Å². The monoisotopic (exact) mass is 297 g/mol. The third kappa shape index (κ3) is 2.76. The van der Waals surface area contributed by atoms with E-state index in [9.17, 15) is 19.7 Å². The number of nitrogens with zero attached hydrogens (tertiary/aromatic N) is 2. The van der Waals surface area contributed by atoms with Crippen molar-refractivity contribution in [1.29, 1.82) is 5.26 Å². The number of carbonyl (C=O) groups excluding carboxylic acids is 1. The van der Waals surface area contributed by atoms with E-state index in [0.717, 1.165) is 0 Å². The van der Waals surface area contributed by atoms with E-state index in [4.69, 9.17) is 5.26 Å². The number of nitro benzene ring substituents is 1. The second-order valence-corrected chi connectivity index (χ2v) is 4.50. The highest BCUT2D eigenvalue weighted by atomic mass is 16.6. The van der Waals surface area contributed by atoms with Crippen molar-refractivity contribution >= 4 is 11.5 Å². The zero-order valence-electron chi connectivity index (χ0n) is 11.6. The van der Waals surface area contributed by atoms with Gasteiger partial charge in [0.05, 0.1) is 4.92 Å². The number of hydrogen-bond donors (Lipinski definition) is 1. The summed E-state index contributed by atoms with van der Waals surface area (Å²) in [4.78, 5) is 36.7. The lowest BCUT2D eigenvalue weighted by molar-refractivity contribution is -0.384. The second-order valence-electron chi connectivity index (χ2n) is 4.50. The van der Waals surface area contributed by atoms with Crippen molar-refractivity contribution < 1.29 is 9.72 Å². The number of nitriles is 1. The summed E-state index contributed by atoms with van der Waals surface area (Å²) >= 11 is 0. The maximum absolute atomic E-state index is 12.5. The van der Waals surface area contributed by atoms with Crippen molar-refractivity contribution in [2.24, 2.45) is 0 Å². The number of aromatic nitrogens is 1. The number of H-pyrrole nitrogens is 1. The number of nitrogens with one attached hydrogen (secondary N) is 1. The fourth-order valence-electron chi connectivity index (χ4n) is 2.02. The average molecular weight is 297 g/mol. The number of aromatic amines is 1. The minimum absolute atomic E-state index is 0.119. The molecule has 0 atom stereocenters. The summed E-state index contributed by atoms with van der Waals surface area (Å²) in [6.07, 6.45) is 0.412. The molecule has 1 aromatic heterocycles. The molecule has 2 rings (SSSR count).